The highest BCUT2D eigenvalue weighted by molar-refractivity contribution is 6.30. The Labute approximate surface area is 124 Å². The molecule has 0 saturated heterocycles. The molecular weight excluding hydrogens is 270 g/mol. The molecule has 20 heavy (non-hydrogen) atoms. The average Bonchev–Trinajstić information content (AvgIpc) is 2.44. The summed E-state index contributed by atoms with van der Waals surface area (Å²) >= 11 is 5.89. The maximum absolute atomic E-state index is 10.8. The second kappa shape index (κ2) is 6.92. The standard InChI is InChI=1S/C17H16ClNO/c1-13(20)19-11-3-5-14-4-2-6-16(12-14)15-7-9-17(18)10-8-15/h2-10,12H,11H2,1H3,(H,19,20). The van der Waals surface area contributed by atoms with Gasteiger partial charge in [-0.1, -0.05) is 54.1 Å². The van der Waals surface area contributed by atoms with Gasteiger partial charge in [-0.15, -0.1) is 0 Å². The first-order chi connectivity index (χ1) is 9.65. The number of benzene rings is 2. The predicted molar refractivity (Wildman–Crippen MR) is 84.6 cm³/mol. The first-order valence-corrected chi connectivity index (χ1v) is 6.80. The van der Waals surface area contributed by atoms with E-state index in [2.05, 4.69) is 17.4 Å². The van der Waals surface area contributed by atoms with Crippen molar-refractivity contribution in [3.8, 4) is 11.1 Å². The minimum Gasteiger partial charge on any atom is -0.353 e. The van der Waals surface area contributed by atoms with E-state index >= 15 is 0 Å². The van der Waals surface area contributed by atoms with Crippen LogP contribution in [0.3, 0.4) is 0 Å². The summed E-state index contributed by atoms with van der Waals surface area (Å²) in [5, 5.41) is 3.46. The van der Waals surface area contributed by atoms with E-state index in [1.54, 1.807) is 0 Å². The minimum atomic E-state index is -0.0236. The van der Waals surface area contributed by atoms with Crippen LogP contribution in [0.5, 0.6) is 0 Å². The van der Waals surface area contributed by atoms with Gasteiger partial charge in [0, 0.05) is 18.5 Å². The Kier molecular flexibility index (Phi) is 4.97. The molecule has 0 aromatic heterocycles. The lowest BCUT2D eigenvalue weighted by Gasteiger charge is -2.03. The van der Waals surface area contributed by atoms with Gasteiger partial charge in [0.2, 0.25) is 5.91 Å². The number of nitrogens with one attached hydrogen (secondary N) is 1. The third-order valence-electron chi connectivity index (χ3n) is 2.84. The zero-order valence-corrected chi connectivity index (χ0v) is 12.0. The van der Waals surface area contributed by atoms with E-state index in [-0.39, 0.29) is 5.91 Å². The lowest BCUT2D eigenvalue weighted by Crippen LogP contribution is -2.19. The van der Waals surface area contributed by atoms with Crippen LogP contribution < -0.4 is 5.32 Å². The summed E-state index contributed by atoms with van der Waals surface area (Å²) in [5.41, 5.74) is 3.37. The molecule has 1 amide bonds. The van der Waals surface area contributed by atoms with E-state index in [0.717, 1.165) is 21.7 Å². The highest BCUT2D eigenvalue weighted by Gasteiger charge is 1.98. The molecule has 3 heteroatoms. The summed E-state index contributed by atoms with van der Waals surface area (Å²) in [5.74, 6) is -0.0236. The third kappa shape index (κ3) is 4.25. The number of carbonyl (C=O) groups excluding carboxylic acids is 1. The Morgan fingerprint density at radius 2 is 1.90 bits per heavy atom. The molecule has 0 aliphatic carbocycles. The van der Waals surface area contributed by atoms with Crippen molar-refractivity contribution in [1.82, 2.24) is 5.32 Å². The normalized spacial score (nSPS) is 10.7. The molecule has 2 aromatic carbocycles. The zero-order chi connectivity index (χ0) is 14.4. The van der Waals surface area contributed by atoms with Gasteiger partial charge in [-0.25, -0.2) is 0 Å². The predicted octanol–water partition coefficient (Wildman–Crippen LogP) is 4.16. The molecule has 1 N–H and O–H groups in total. The van der Waals surface area contributed by atoms with E-state index < -0.39 is 0 Å². The van der Waals surface area contributed by atoms with Gasteiger partial charge in [-0.2, -0.15) is 0 Å². The molecule has 0 aliphatic rings. The van der Waals surface area contributed by atoms with Gasteiger partial charge in [0.1, 0.15) is 0 Å². The number of hydrogen-bond donors (Lipinski definition) is 1. The van der Waals surface area contributed by atoms with Crippen LogP contribution in [-0.4, -0.2) is 12.5 Å². The summed E-state index contributed by atoms with van der Waals surface area (Å²) in [4.78, 5) is 10.8. The van der Waals surface area contributed by atoms with Crippen molar-refractivity contribution >= 4 is 23.6 Å². The Balaban J connectivity index is 2.11. The molecule has 2 rings (SSSR count). The van der Waals surface area contributed by atoms with Crippen LogP contribution >= 0.6 is 11.6 Å². The number of halogens is 1. The van der Waals surface area contributed by atoms with Gasteiger partial charge < -0.3 is 5.32 Å². The summed E-state index contributed by atoms with van der Waals surface area (Å²) in [6, 6.07) is 16.0. The molecule has 102 valence electrons. The van der Waals surface area contributed by atoms with E-state index in [1.807, 2.05) is 48.6 Å². The fraction of sp³-hybridized carbons (Fsp3) is 0.118. The Morgan fingerprint density at radius 3 is 2.60 bits per heavy atom. The first kappa shape index (κ1) is 14.4. The monoisotopic (exact) mass is 285 g/mol. The van der Waals surface area contributed by atoms with E-state index in [1.165, 1.54) is 6.92 Å². The van der Waals surface area contributed by atoms with Crippen molar-refractivity contribution in [2.45, 2.75) is 6.92 Å². The molecule has 0 unspecified atom stereocenters. The summed E-state index contributed by atoms with van der Waals surface area (Å²) in [6.45, 7) is 2.05. The van der Waals surface area contributed by atoms with Gasteiger partial charge >= 0.3 is 0 Å². The molecule has 0 bridgehead atoms. The largest absolute Gasteiger partial charge is 0.353 e. The zero-order valence-electron chi connectivity index (χ0n) is 11.3. The number of carbonyl (C=O) groups is 1. The van der Waals surface area contributed by atoms with Crippen LogP contribution in [-0.2, 0) is 4.79 Å². The van der Waals surface area contributed by atoms with Crippen molar-refractivity contribution in [1.29, 1.82) is 0 Å². The molecule has 2 aromatic rings. The Bertz CT molecular complexity index is 617. The van der Waals surface area contributed by atoms with Crippen LogP contribution in [0.15, 0.2) is 54.6 Å². The second-order valence-electron chi connectivity index (χ2n) is 4.47. The van der Waals surface area contributed by atoms with E-state index in [0.29, 0.717) is 6.54 Å². The number of rotatable bonds is 4. The van der Waals surface area contributed by atoms with Crippen molar-refractivity contribution in [3.05, 3.63) is 65.2 Å². The van der Waals surface area contributed by atoms with Crippen LogP contribution in [0.4, 0.5) is 0 Å². The smallest absolute Gasteiger partial charge is 0.217 e. The van der Waals surface area contributed by atoms with Crippen LogP contribution in [0.25, 0.3) is 17.2 Å². The van der Waals surface area contributed by atoms with Gasteiger partial charge in [-0.3, -0.25) is 4.79 Å². The molecule has 2 nitrogen and oxygen atoms in total. The van der Waals surface area contributed by atoms with Crippen molar-refractivity contribution < 1.29 is 4.79 Å². The van der Waals surface area contributed by atoms with Crippen molar-refractivity contribution in [2.24, 2.45) is 0 Å². The lowest BCUT2D eigenvalue weighted by molar-refractivity contribution is -0.118. The number of amides is 1. The third-order valence-corrected chi connectivity index (χ3v) is 3.10. The van der Waals surface area contributed by atoms with Gasteiger partial charge in [0.25, 0.3) is 0 Å². The average molecular weight is 286 g/mol. The van der Waals surface area contributed by atoms with Gasteiger partial charge in [0.15, 0.2) is 0 Å². The molecular formula is C17H16ClNO. The molecule has 0 spiro atoms. The minimum absolute atomic E-state index is 0.0236. The fourth-order valence-corrected chi connectivity index (χ4v) is 1.99. The lowest BCUT2D eigenvalue weighted by atomic mass is 10.0. The first-order valence-electron chi connectivity index (χ1n) is 6.42. The van der Waals surface area contributed by atoms with Gasteiger partial charge in [-0.05, 0) is 34.9 Å². The van der Waals surface area contributed by atoms with Gasteiger partial charge in [0.05, 0.1) is 0 Å². The summed E-state index contributed by atoms with van der Waals surface area (Å²) in [6.07, 6.45) is 3.93. The SMILES string of the molecule is CC(=O)NCC=Cc1cccc(-c2ccc(Cl)cc2)c1. The second-order valence-corrected chi connectivity index (χ2v) is 4.91. The Hall–Kier alpha value is -2.06. The highest BCUT2D eigenvalue weighted by Crippen LogP contribution is 2.22. The molecule has 0 fully saturated rings. The van der Waals surface area contributed by atoms with Crippen molar-refractivity contribution in [2.75, 3.05) is 6.54 Å². The van der Waals surface area contributed by atoms with Crippen LogP contribution in [0, 0.1) is 0 Å². The molecule has 0 saturated carbocycles. The molecule has 0 heterocycles. The fourth-order valence-electron chi connectivity index (χ4n) is 1.86. The molecule has 0 radical (unpaired) electrons. The topological polar surface area (TPSA) is 29.1 Å². The van der Waals surface area contributed by atoms with E-state index in [9.17, 15) is 4.79 Å². The van der Waals surface area contributed by atoms with Crippen LogP contribution in [0.2, 0.25) is 5.02 Å². The summed E-state index contributed by atoms with van der Waals surface area (Å²) < 4.78 is 0. The van der Waals surface area contributed by atoms with Crippen molar-refractivity contribution in [3.63, 3.8) is 0 Å². The maximum atomic E-state index is 10.8. The molecule has 0 atom stereocenters. The summed E-state index contributed by atoms with van der Waals surface area (Å²) in [7, 11) is 0. The highest BCUT2D eigenvalue weighted by atomic mass is 35.5. The molecule has 0 aliphatic heterocycles. The quantitative estimate of drug-likeness (QED) is 0.898. The Morgan fingerprint density at radius 1 is 1.15 bits per heavy atom. The van der Waals surface area contributed by atoms with E-state index in [4.69, 9.17) is 11.6 Å². The maximum Gasteiger partial charge on any atom is 0.217 e. The number of hydrogen-bond acceptors (Lipinski definition) is 1. The van der Waals surface area contributed by atoms with Crippen LogP contribution in [0.1, 0.15) is 12.5 Å².